The Morgan fingerprint density at radius 2 is 1.76 bits per heavy atom. The number of benzene rings is 1. The van der Waals surface area contributed by atoms with Crippen molar-refractivity contribution in [2.75, 3.05) is 26.2 Å². The van der Waals surface area contributed by atoms with E-state index in [1.54, 1.807) is 17.0 Å². The highest BCUT2D eigenvalue weighted by Gasteiger charge is 2.25. The minimum absolute atomic E-state index is 0.0568. The molecule has 1 aromatic rings. The molecule has 1 aliphatic heterocycles. The summed E-state index contributed by atoms with van der Waals surface area (Å²) in [6.07, 6.45) is 0. The second kappa shape index (κ2) is 5.61. The van der Waals surface area contributed by atoms with Crippen LogP contribution in [-0.2, 0) is 6.54 Å². The van der Waals surface area contributed by atoms with Crippen molar-refractivity contribution in [1.82, 2.24) is 0 Å². The van der Waals surface area contributed by atoms with E-state index in [-0.39, 0.29) is 5.82 Å². The first-order valence-corrected chi connectivity index (χ1v) is 6.58. The smallest absolute Gasteiger partial charge is 0.132 e. The molecule has 0 saturated carbocycles. The molecule has 0 spiro atoms. The van der Waals surface area contributed by atoms with Crippen LogP contribution in [-0.4, -0.2) is 32.2 Å². The Bertz CT molecular complexity index is 357. The average molecular weight is 238 g/mol. The molecule has 1 aliphatic rings. The zero-order chi connectivity index (χ0) is 12.3. The average Bonchev–Trinajstić information content (AvgIpc) is 2.33. The Kier molecular flexibility index (Phi) is 4.13. The number of hydrogen-bond donors (Lipinski definition) is 2. The molecule has 0 radical (unpaired) electrons. The van der Waals surface area contributed by atoms with Crippen LogP contribution < -0.4 is 9.80 Å². The summed E-state index contributed by atoms with van der Waals surface area (Å²) in [6, 6.07) is 7.86. The van der Waals surface area contributed by atoms with E-state index in [9.17, 15) is 4.39 Å². The summed E-state index contributed by atoms with van der Waals surface area (Å²) in [4.78, 5) is 3.20. The predicted molar refractivity (Wildman–Crippen MR) is 66.6 cm³/mol. The van der Waals surface area contributed by atoms with Crippen LogP contribution in [0.2, 0.25) is 0 Å². The molecule has 0 amide bonds. The van der Waals surface area contributed by atoms with Gasteiger partial charge in [0.15, 0.2) is 0 Å². The van der Waals surface area contributed by atoms with Gasteiger partial charge in [0.05, 0.1) is 6.04 Å². The number of nitrogens with one attached hydrogen (secondary N) is 2. The number of hydrogen-bond acceptors (Lipinski definition) is 0. The van der Waals surface area contributed by atoms with Crippen LogP contribution in [0, 0.1) is 5.82 Å². The summed E-state index contributed by atoms with van der Waals surface area (Å²) in [5.74, 6) is -0.0568. The summed E-state index contributed by atoms with van der Waals surface area (Å²) < 4.78 is 13.5. The van der Waals surface area contributed by atoms with Crippen molar-refractivity contribution in [3.05, 3.63) is 35.6 Å². The first kappa shape index (κ1) is 12.5. The lowest BCUT2D eigenvalue weighted by molar-refractivity contribution is -1.03. The monoisotopic (exact) mass is 238 g/mol. The first-order chi connectivity index (χ1) is 8.16. The van der Waals surface area contributed by atoms with Gasteiger partial charge in [0.25, 0.3) is 0 Å². The van der Waals surface area contributed by atoms with Gasteiger partial charge in [-0.1, -0.05) is 18.2 Å². The van der Waals surface area contributed by atoms with Crippen LogP contribution in [0.5, 0.6) is 0 Å². The van der Waals surface area contributed by atoms with E-state index < -0.39 is 0 Å². The van der Waals surface area contributed by atoms with Crippen LogP contribution in [0.25, 0.3) is 0 Å². The second-order valence-corrected chi connectivity index (χ2v) is 5.33. The third-order valence-electron chi connectivity index (χ3n) is 3.81. The molecule has 1 fully saturated rings. The molecule has 3 heteroatoms. The molecule has 1 heterocycles. The largest absolute Gasteiger partial charge is 0.324 e. The molecule has 0 bridgehead atoms. The zero-order valence-corrected chi connectivity index (χ0v) is 10.8. The Labute approximate surface area is 103 Å². The van der Waals surface area contributed by atoms with Crippen molar-refractivity contribution in [2.24, 2.45) is 0 Å². The van der Waals surface area contributed by atoms with Gasteiger partial charge in [0.1, 0.15) is 38.5 Å². The van der Waals surface area contributed by atoms with Gasteiger partial charge in [0.2, 0.25) is 0 Å². The highest BCUT2D eigenvalue weighted by atomic mass is 19.1. The normalized spacial score (nSPS) is 25.2. The van der Waals surface area contributed by atoms with Crippen molar-refractivity contribution in [3.63, 3.8) is 0 Å². The quantitative estimate of drug-likeness (QED) is 0.704. The van der Waals surface area contributed by atoms with E-state index in [1.165, 1.54) is 18.0 Å². The van der Waals surface area contributed by atoms with Crippen molar-refractivity contribution >= 4 is 0 Å². The minimum atomic E-state index is -0.0568. The van der Waals surface area contributed by atoms with E-state index in [2.05, 4.69) is 13.8 Å². The maximum atomic E-state index is 13.5. The van der Waals surface area contributed by atoms with Gasteiger partial charge in [-0.15, -0.1) is 0 Å². The molecular weight excluding hydrogens is 215 g/mol. The number of halogens is 1. The van der Waals surface area contributed by atoms with E-state index in [1.807, 2.05) is 12.1 Å². The Morgan fingerprint density at radius 3 is 2.35 bits per heavy atom. The van der Waals surface area contributed by atoms with Crippen molar-refractivity contribution in [2.45, 2.75) is 26.4 Å². The summed E-state index contributed by atoms with van der Waals surface area (Å²) in [6.45, 7) is 10.1. The molecule has 94 valence electrons. The van der Waals surface area contributed by atoms with Gasteiger partial charge < -0.3 is 9.80 Å². The van der Waals surface area contributed by atoms with Crippen LogP contribution >= 0.6 is 0 Å². The fraction of sp³-hybridized carbons (Fsp3) is 0.571. The highest BCUT2D eigenvalue weighted by Crippen LogP contribution is 2.03. The first-order valence-electron chi connectivity index (χ1n) is 6.58. The lowest BCUT2D eigenvalue weighted by atomic mass is 10.1. The number of quaternary nitrogens is 2. The van der Waals surface area contributed by atoms with Gasteiger partial charge in [-0.05, 0) is 19.9 Å². The summed E-state index contributed by atoms with van der Waals surface area (Å²) in [5, 5.41) is 0. The van der Waals surface area contributed by atoms with Crippen LogP contribution in [0.15, 0.2) is 24.3 Å². The maximum Gasteiger partial charge on any atom is 0.132 e. The van der Waals surface area contributed by atoms with Crippen LogP contribution in [0.4, 0.5) is 4.39 Å². The molecule has 0 aliphatic carbocycles. The molecule has 2 N–H and O–H groups in total. The van der Waals surface area contributed by atoms with Gasteiger partial charge >= 0.3 is 0 Å². The topological polar surface area (TPSA) is 8.88 Å². The Hall–Kier alpha value is -0.930. The molecule has 0 atom stereocenters. The van der Waals surface area contributed by atoms with Crippen molar-refractivity contribution in [3.8, 4) is 0 Å². The SMILES string of the molecule is CC(C)[NH+]1CC[NH+](Cc2ccccc2F)CC1. The Morgan fingerprint density at radius 1 is 1.12 bits per heavy atom. The van der Waals surface area contributed by atoms with Crippen LogP contribution in [0.1, 0.15) is 19.4 Å². The molecule has 17 heavy (non-hydrogen) atoms. The molecule has 2 nitrogen and oxygen atoms in total. The van der Waals surface area contributed by atoms with E-state index in [0.717, 1.165) is 25.2 Å². The van der Waals surface area contributed by atoms with Gasteiger partial charge in [-0.3, -0.25) is 0 Å². The predicted octanol–water partition coefficient (Wildman–Crippen LogP) is -0.482. The standard InChI is InChI=1S/C14H21FN2/c1-12(2)17-9-7-16(8-10-17)11-13-5-3-4-6-14(13)15/h3-6,12H,7-11H2,1-2H3/p+2. The fourth-order valence-electron chi connectivity index (χ4n) is 2.59. The van der Waals surface area contributed by atoms with Gasteiger partial charge in [-0.25, -0.2) is 4.39 Å². The van der Waals surface area contributed by atoms with Crippen LogP contribution in [0.3, 0.4) is 0 Å². The molecular formula is C14H23FN2+2. The van der Waals surface area contributed by atoms with Gasteiger partial charge in [-0.2, -0.15) is 0 Å². The molecule has 2 rings (SSSR count). The van der Waals surface area contributed by atoms with E-state index in [0.29, 0.717) is 6.04 Å². The molecule has 0 aromatic heterocycles. The summed E-state index contributed by atoms with van der Waals surface area (Å²) in [5.41, 5.74) is 0.857. The second-order valence-electron chi connectivity index (χ2n) is 5.33. The third kappa shape index (κ3) is 3.27. The summed E-state index contributed by atoms with van der Waals surface area (Å²) >= 11 is 0. The maximum absolute atomic E-state index is 13.5. The van der Waals surface area contributed by atoms with E-state index in [4.69, 9.17) is 0 Å². The van der Waals surface area contributed by atoms with Gasteiger partial charge in [0, 0.05) is 5.56 Å². The minimum Gasteiger partial charge on any atom is -0.324 e. The van der Waals surface area contributed by atoms with Crippen molar-refractivity contribution < 1.29 is 14.2 Å². The van der Waals surface area contributed by atoms with E-state index >= 15 is 0 Å². The number of rotatable bonds is 3. The highest BCUT2D eigenvalue weighted by molar-refractivity contribution is 5.15. The van der Waals surface area contributed by atoms with Crippen molar-refractivity contribution in [1.29, 1.82) is 0 Å². The summed E-state index contributed by atoms with van der Waals surface area (Å²) in [7, 11) is 0. The molecule has 0 unspecified atom stereocenters. The lowest BCUT2D eigenvalue weighted by Gasteiger charge is -2.32. The number of piperazine rings is 1. The fourth-order valence-corrected chi connectivity index (χ4v) is 2.59. The molecule has 1 saturated heterocycles. The lowest BCUT2D eigenvalue weighted by Crippen LogP contribution is -3.28. The third-order valence-corrected chi connectivity index (χ3v) is 3.81. The Balaban J connectivity index is 1.88. The zero-order valence-electron chi connectivity index (χ0n) is 10.8. The molecule has 1 aromatic carbocycles.